The third-order valence-electron chi connectivity index (χ3n) is 1.34. The van der Waals surface area contributed by atoms with Crippen molar-refractivity contribution in [3.05, 3.63) is 24.3 Å². The van der Waals surface area contributed by atoms with Crippen LogP contribution in [0.3, 0.4) is 0 Å². The molecule has 64 valence electrons. The third kappa shape index (κ3) is 2.13. The molecule has 12 heavy (non-hydrogen) atoms. The van der Waals surface area contributed by atoms with E-state index in [9.17, 15) is 4.79 Å². The summed E-state index contributed by atoms with van der Waals surface area (Å²) < 4.78 is 0. The molecule has 1 aromatic rings. The van der Waals surface area contributed by atoms with Gasteiger partial charge in [-0.3, -0.25) is 9.63 Å². The van der Waals surface area contributed by atoms with E-state index in [0.717, 1.165) is 0 Å². The van der Waals surface area contributed by atoms with Crippen molar-refractivity contribution in [3.8, 4) is 0 Å². The van der Waals surface area contributed by atoms with Crippen molar-refractivity contribution < 1.29 is 4.79 Å². The molecule has 0 bridgehead atoms. The normalized spacial score (nSPS) is 9.17. The molecule has 1 amide bonds. The Kier molecular flexibility index (Phi) is 2.94. The lowest BCUT2D eigenvalue weighted by molar-refractivity contribution is -0.114. The Morgan fingerprint density at radius 3 is 2.42 bits per heavy atom. The minimum absolute atomic E-state index is 0.116. The van der Waals surface area contributed by atoms with Crippen LogP contribution in [0.25, 0.3) is 0 Å². The highest BCUT2D eigenvalue weighted by Crippen LogP contribution is 2.20. The van der Waals surface area contributed by atoms with Gasteiger partial charge in [-0.2, -0.15) is 0 Å². The fourth-order valence-electron chi connectivity index (χ4n) is 0.864. The van der Waals surface area contributed by atoms with E-state index in [-0.39, 0.29) is 5.91 Å². The van der Waals surface area contributed by atoms with Crippen molar-refractivity contribution in [2.75, 3.05) is 10.2 Å². The number of benzene rings is 1. The van der Waals surface area contributed by atoms with Gasteiger partial charge in [-0.25, -0.2) is 0 Å². The molecule has 0 aliphatic carbocycles. The Hall–Kier alpha value is -1.22. The molecule has 0 saturated carbocycles. The first-order valence-electron chi connectivity index (χ1n) is 3.47. The maximum Gasteiger partial charge on any atom is 0.221 e. The average molecular weight is 185 g/mol. The van der Waals surface area contributed by atoms with Gasteiger partial charge in [-0.15, -0.1) is 0 Å². The number of anilines is 2. The molecule has 0 spiro atoms. The first kappa shape index (κ1) is 8.87. The molecule has 1 aromatic carbocycles. The van der Waals surface area contributed by atoms with Gasteiger partial charge in [0, 0.05) is 18.7 Å². The molecule has 0 aliphatic rings. The number of hydrogen-bond donors (Lipinski definition) is 2. The second-order valence-electron chi connectivity index (χ2n) is 2.32. The van der Waals surface area contributed by atoms with Crippen LogP contribution in [0, 0.1) is 0 Å². The Bertz CT molecular complexity index is 288. The average Bonchev–Trinajstić information content (AvgIpc) is 2.04. The van der Waals surface area contributed by atoms with Gasteiger partial charge in [0.1, 0.15) is 0 Å². The molecule has 0 saturated heterocycles. The smallest absolute Gasteiger partial charge is 0.221 e. The van der Waals surface area contributed by atoms with E-state index in [1.165, 1.54) is 6.92 Å². The van der Waals surface area contributed by atoms with E-state index < -0.39 is 0 Å². The predicted octanol–water partition coefficient (Wildman–Crippen LogP) is 2.21. The summed E-state index contributed by atoms with van der Waals surface area (Å²) in [7, 11) is 0. The predicted molar refractivity (Wildman–Crippen MR) is 50.2 cm³/mol. The zero-order valence-electron chi connectivity index (χ0n) is 6.60. The minimum Gasteiger partial charge on any atom is -0.325 e. The highest BCUT2D eigenvalue weighted by atomic mass is 35.5. The molecule has 0 radical (unpaired) electrons. The van der Waals surface area contributed by atoms with E-state index in [4.69, 9.17) is 11.8 Å². The number of halogens is 1. The summed E-state index contributed by atoms with van der Waals surface area (Å²) in [6.45, 7) is 1.45. The third-order valence-corrected chi connectivity index (χ3v) is 1.54. The van der Waals surface area contributed by atoms with E-state index in [2.05, 4.69) is 10.2 Å². The number of amides is 1. The van der Waals surface area contributed by atoms with Crippen LogP contribution in [0.15, 0.2) is 24.3 Å². The number of rotatable bonds is 2. The maximum absolute atomic E-state index is 10.7. The van der Waals surface area contributed by atoms with Crippen molar-refractivity contribution in [2.45, 2.75) is 6.92 Å². The summed E-state index contributed by atoms with van der Waals surface area (Å²) in [5.41, 5.74) is 1.37. The van der Waals surface area contributed by atoms with E-state index in [1.54, 1.807) is 12.1 Å². The van der Waals surface area contributed by atoms with Gasteiger partial charge in [-0.1, -0.05) is 12.1 Å². The van der Waals surface area contributed by atoms with Crippen LogP contribution in [0.2, 0.25) is 0 Å². The van der Waals surface area contributed by atoms with E-state index >= 15 is 0 Å². The Morgan fingerprint density at radius 1 is 1.33 bits per heavy atom. The van der Waals surface area contributed by atoms with Crippen molar-refractivity contribution in [1.29, 1.82) is 0 Å². The highest BCUT2D eigenvalue weighted by molar-refractivity contribution is 6.25. The van der Waals surface area contributed by atoms with Crippen molar-refractivity contribution in [1.82, 2.24) is 0 Å². The summed E-state index contributed by atoms with van der Waals surface area (Å²) in [4.78, 5) is 13.2. The van der Waals surface area contributed by atoms with Crippen molar-refractivity contribution in [2.24, 2.45) is 0 Å². The zero-order valence-corrected chi connectivity index (χ0v) is 7.35. The summed E-state index contributed by atoms with van der Waals surface area (Å²) in [5.74, 6) is -0.116. The van der Waals surface area contributed by atoms with Crippen LogP contribution in [-0.2, 0) is 4.79 Å². The van der Waals surface area contributed by atoms with Crippen LogP contribution in [-0.4, -0.2) is 5.91 Å². The molecule has 1 rings (SSSR count). The minimum atomic E-state index is -0.116. The fourth-order valence-corrected chi connectivity index (χ4v) is 1.03. The quantitative estimate of drug-likeness (QED) is 0.692. The molecular formula is C8H9ClN2O. The number of carbonyl (C=O) groups excluding carboxylic acids is 1. The standard InChI is InChI=1S/C8H9ClN2O/c1-6(12)10-7-4-2-3-5-8(7)11-9/h2-5,11H,1H3,(H,10,12). The molecule has 0 atom stereocenters. The van der Waals surface area contributed by atoms with Gasteiger partial charge < -0.3 is 5.32 Å². The molecule has 0 aliphatic heterocycles. The summed E-state index contributed by atoms with van der Waals surface area (Å²) in [5, 5.41) is 2.64. The topological polar surface area (TPSA) is 41.1 Å². The molecule has 4 heteroatoms. The lowest BCUT2D eigenvalue weighted by atomic mass is 10.3. The Labute approximate surface area is 75.8 Å². The molecule has 0 aromatic heterocycles. The summed E-state index contributed by atoms with van der Waals surface area (Å²) >= 11 is 5.41. The van der Waals surface area contributed by atoms with E-state index in [0.29, 0.717) is 11.4 Å². The fraction of sp³-hybridized carbons (Fsp3) is 0.125. The number of nitrogens with one attached hydrogen (secondary N) is 2. The lowest BCUT2D eigenvalue weighted by Crippen LogP contribution is -2.06. The molecule has 0 fully saturated rings. The van der Waals surface area contributed by atoms with Gasteiger partial charge in [0.05, 0.1) is 11.4 Å². The Morgan fingerprint density at radius 2 is 1.92 bits per heavy atom. The van der Waals surface area contributed by atoms with Crippen LogP contribution in [0.4, 0.5) is 11.4 Å². The summed E-state index contributed by atoms with van der Waals surface area (Å²) in [6, 6.07) is 7.20. The van der Waals surface area contributed by atoms with Gasteiger partial charge >= 0.3 is 0 Å². The van der Waals surface area contributed by atoms with Crippen LogP contribution in [0.5, 0.6) is 0 Å². The van der Waals surface area contributed by atoms with Gasteiger partial charge in [0.25, 0.3) is 0 Å². The molecular weight excluding hydrogens is 176 g/mol. The lowest BCUT2D eigenvalue weighted by Gasteiger charge is -2.06. The first-order valence-corrected chi connectivity index (χ1v) is 3.85. The number of hydrogen-bond acceptors (Lipinski definition) is 2. The highest BCUT2D eigenvalue weighted by Gasteiger charge is 2.00. The van der Waals surface area contributed by atoms with Crippen LogP contribution in [0.1, 0.15) is 6.92 Å². The van der Waals surface area contributed by atoms with Crippen LogP contribution < -0.4 is 10.2 Å². The van der Waals surface area contributed by atoms with E-state index in [1.807, 2.05) is 12.1 Å². The summed E-state index contributed by atoms with van der Waals surface area (Å²) in [6.07, 6.45) is 0. The van der Waals surface area contributed by atoms with Gasteiger partial charge in [0.15, 0.2) is 0 Å². The Balaban J connectivity index is 2.89. The van der Waals surface area contributed by atoms with Gasteiger partial charge in [0.2, 0.25) is 5.91 Å². The monoisotopic (exact) mass is 184 g/mol. The largest absolute Gasteiger partial charge is 0.325 e. The second-order valence-corrected chi connectivity index (χ2v) is 2.51. The van der Waals surface area contributed by atoms with Crippen LogP contribution >= 0.6 is 11.8 Å². The first-order chi connectivity index (χ1) is 5.74. The second kappa shape index (κ2) is 3.97. The maximum atomic E-state index is 10.7. The van der Waals surface area contributed by atoms with Crippen molar-refractivity contribution in [3.63, 3.8) is 0 Å². The van der Waals surface area contributed by atoms with Crippen molar-refractivity contribution >= 4 is 29.1 Å². The molecule has 2 N–H and O–H groups in total. The molecule has 3 nitrogen and oxygen atoms in total. The van der Waals surface area contributed by atoms with Gasteiger partial charge in [-0.05, 0) is 12.1 Å². The number of carbonyl (C=O) groups is 1. The zero-order chi connectivity index (χ0) is 8.97. The molecule has 0 unspecified atom stereocenters. The number of para-hydroxylation sites is 2. The SMILES string of the molecule is CC(=O)Nc1ccccc1NCl. The molecule has 0 heterocycles.